The van der Waals surface area contributed by atoms with Crippen molar-refractivity contribution >= 4 is 5.91 Å². The van der Waals surface area contributed by atoms with Crippen molar-refractivity contribution in [2.24, 2.45) is 0 Å². The smallest absolute Gasteiger partial charge is 0.253 e. The number of aliphatic hydroxyl groups excluding tert-OH is 1. The summed E-state index contributed by atoms with van der Waals surface area (Å²) >= 11 is 0. The summed E-state index contributed by atoms with van der Waals surface area (Å²) < 4.78 is 1.71. The third-order valence-corrected chi connectivity index (χ3v) is 3.69. The van der Waals surface area contributed by atoms with E-state index >= 15 is 0 Å². The van der Waals surface area contributed by atoms with Crippen LogP contribution in [0.5, 0.6) is 0 Å². The van der Waals surface area contributed by atoms with Crippen molar-refractivity contribution in [2.45, 2.75) is 38.5 Å². The standard InChI is InChI=1S/C14H17N5O2/c1-8-5-16-19(7-8)13-11(4-12(13)20)17-14(21)10-3-9(2)18-15-6-10/h3,5-7,11-13,20H,4H2,1-2H3,(H,17,21)/t11-,12+,13+/m0/s1. The molecule has 7 heteroatoms. The maximum Gasteiger partial charge on any atom is 0.253 e. The second-order valence-corrected chi connectivity index (χ2v) is 5.46. The van der Waals surface area contributed by atoms with Gasteiger partial charge in [0.1, 0.15) is 0 Å². The molecule has 0 saturated heterocycles. The number of aliphatic hydroxyl groups is 1. The summed E-state index contributed by atoms with van der Waals surface area (Å²) in [5.74, 6) is -0.209. The molecule has 1 aliphatic carbocycles. The van der Waals surface area contributed by atoms with E-state index in [0.717, 1.165) is 5.56 Å². The Balaban J connectivity index is 1.71. The SMILES string of the molecule is Cc1cnn([C@H]2[C@H](O)C[C@@H]2NC(=O)c2cnnc(C)c2)c1. The number of hydrogen-bond donors (Lipinski definition) is 2. The highest BCUT2D eigenvalue weighted by Gasteiger charge is 2.42. The van der Waals surface area contributed by atoms with Crippen LogP contribution < -0.4 is 5.32 Å². The summed E-state index contributed by atoms with van der Waals surface area (Å²) in [6.45, 7) is 3.72. The van der Waals surface area contributed by atoms with Crippen molar-refractivity contribution in [1.29, 1.82) is 0 Å². The van der Waals surface area contributed by atoms with Crippen LogP contribution in [0.1, 0.15) is 34.1 Å². The second kappa shape index (κ2) is 5.25. The van der Waals surface area contributed by atoms with Gasteiger partial charge in [0, 0.05) is 6.20 Å². The van der Waals surface area contributed by atoms with Crippen LogP contribution in [-0.4, -0.2) is 43.1 Å². The summed E-state index contributed by atoms with van der Waals surface area (Å²) in [5.41, 5.74) is 2.18. The van der Waals surface area contributed by atoms with Crippen molar-refractivity contribution in [3.05, 3.63) is 41.5 Å². The number of carbonyl (C=O) groups excluding carboxylic acids is 1. The molecule has 0 spiro atoms. The predicted octanol–water partition coefficient (Wildman–Crippen LogP) is 0.394. The Bertz CT molecular complexity index is 669. The Morgan fingerprint density at radius 2 is 2.24 bits per heavy atom. The van der Waals surface area contributed by atoms with E-state index in [-0.39, 0.29) is 18.0 Å². The molecule has 0 aromatic carbocycles. The average Bonchev–Trinajstić information content (AvgIpc) is 2.83. The lowest BCUT2D eigenvalue weighted by molar-refractivity contribution is -0.00591. The highest BCUT2D eigenvalue weighted by Crippen LogP contribution is 2.32. The van der Waals surface area contributed by atoms with Crippen molar-refractivity contribution < 1.29 is 9.90 Å². The zero-order chi connectivity index (χ0) is 15.0. The molecule has 1 aliphatic rings. The molecule has 0 unspecified atom stereocenters. The largest absolute Gasteiger partial charge is 0.391 e. The number of rotatable bonds is 3. The molecule has 0 bridgehead atoms. The highest BCUT2D eigenvalue weighted by molar-refractivity contribution is 5.94. The molecular formula is C14H17N5O2. The number of carbonyl (C=O) groups is 1. The first kappa shape index (κ1) is 13.7. The summed E-state index contributed by atoms with van der Waals surface area (Å²) in [5, 5.41) is 24.7. The molecule has 21 heavy (non-hydrogen) atoms. The Morgan fingerprint density at radius 3 is 2.86 bits per heavy atom. The van der Waals surface area contributed by atoms with Crippen molar-refractivity contribution in [3.63, 3.8) is 0 Å². The zero-order valence-corrected chi connectivity index (χ0v) is 11.9. The second-order valence-electron chi connectivity index (χ2n) is 5.46. The van der Waals surface area contributed by atoms with Crippen molar-refractivity contribution in [3.8, 4) is 0 Å². The summed E-state index contributed by atoms with van der Waals surface area (Å²) in [6.07, 6.45) is 5.06. The molecule has 2 aromatic heterocycles. The number of hydrogen-bond acceptors (Lipinski definition) is 5. The fraction of sp³-hybridized carbons (Fsp3) is 0.429. The van der Waals surface area contributed by atoms with E-state index in [0.29, 0.717) is 17.7 Å². The minimum absolute atomic E-state index is 0.139. The van der Waals surface area contributed by atoms with Gasteiger partial charge in [-0.05, 0) is 31.9 Å². The molecule has 7 nitrogen and oxygen atoms in total. The summed E-state index contributed by atoms with van der Waals surface area (Å²) in [7, 11) is 0. The molecule has 3 atom stereocenters. The van der Waals surface area contributed by atoms with E-state index in [9.17, 15) is 9.90 Å². The minimum atomic E-state index is -0.494. The topological polar surface area (TPSA) is 92.9 Å². The van der Waals surface area contributed by atoms with Crippen molar-refractivity contribution in [1.82, 2.24) is 25.3 Å². The Labute approximate surface area is 122 Å². The molecule has 1 amide bonds. The van der Waals surface area contributed by atoms with Gasteiger partial charge in [-0.1, -0.05) is 0 Å². The monoisotopic (exact) mass is 287 g/mol. The van der Waals surface area contributed by atoms with Gasteiger partial charge in [-0.3, -0.25) is 9.48 Å². The number of nitrogens with zero attached hydrogens (tertiary/aromatic N) is 4. The molecule has 1 fully saturated rings. The first-order valence-electron chi connectivity index (χ1n) is 6.83. The van der Waals surface area contributed by atoms with Crippen LogP contribution in [0, 0.1) is 13.8 Å². The lowest BCUT2D eigenvalue weighted by Gasteiger charge is -2.41. The van der Waals surface area contributed by atoms with E-state index < -0.39 is 6.10 Å². The van der Waals surface area contributed by atoms with E-state index in [1.54, 1.807) is 23.9 Å². The van der Waals surface area contributed by atoms with Gasteiger partial charge in [0.2, 0.25) is 0 Å². The van der Waals surface area contributed by atoms with Crippen LogP contribution in [0.3, 0.4) is 0 Å². The molecular weight excluding hydrogens is 270 g/mol. The van der Waals surface area contributed by atoms with Gasteiger partial charge in [0.25, 0.3) is 5.91 Å². The Kier molecular flexibility index (Phi) is 3.42. The van der Waals surface area contributed by atoms with E-state index in [1.807, 2.05) is 13.1 Å². The van der Waals surface area contributed by atoms with Gasteiger partial charge < -0.3 is 10.4 Å². The molecule has 3 rings (SSSR count). The molecule has 2 N–H and O–H groups in total. The summed E-state index contributed by atoms with van der Waals surface area (Å²) in [4.78, 5) is 12.2. The first-order chi connectivity index (χ1) is 10.0. The maximum absolute atomic E-state index is 12.2. The normalized spacial score (nSPS) is 24.4. The number of amides is 1. The highest BCUT2D eigenvalue weighted by atomic mass is 16.3. The Morgan fingerprint density at radius 1 is 1.43 bits per heavy atom. The average molecular weight is 287 g/mol. The molecule has 2 aromatic rings. The van der Waals surface area contributed by atoms with Gasteiger partial charge in [0.15, 0.2) is 0 Å². The van der Waals surface area contributed by atoms with Gasteiger partial charge in [-0.15, -0.1) is 0 Å². The van der Waals surface area contributed by atoms with Crippen LogP contribution in [0.4, 0.5) is 0 Å². The van der Waals surface area contributed by atoms with Crippen LogP contribution in [-0.2, 0) is 0 Å². The van der Waals surface area contributed by atoms with E-state index in [4.69, 9.17) is 0 Å². The molecule has 0 aliphatic heterocycles. The minimum Gasteiger partial charge on any atom is -0.391 e. The van der Waals surface area contributed by atoms with Crippen LogP contribution in [0.15, 0.2) is 24.7 Å². The quantitative estimate of drug-likeness (QED) is 0.852. The first-order valence-corrected chi connectivity index (χ1v) is 6.83. The van der Waals surface area contributed by atoms with Gasteiger partial charge >= 0.3 is 0 Å². The van der Waals surface area contributed by atoms with Gasteiger partial charge in [-0.25, -0.2) is 0 Å². The maximum atomic E-state index is 12.2. The third-order valence-electron chi connectivity index (χ3n) is 3.69. The lowest BCUT2D eigenvalue weighted by atomic mass is 9.83. The lowest BCUT2D eigenvalue weighted by Crippen LogP contribution is -2.56. The predicted molar refractivity (Wildman–Crippen MR) is 74.6 cm³/mol. The molecule has 1 saturated carbocycles. The van der Waals surface area contributed by atoms with Crippen LogP contribution in [0.25, 0.3) is 0 Å². The molecule has 2 heterocycles. The summed E-state index contributed by atoms with van der Waals surface area (Å²) in [6, 6.07) is 1.32. The number of aryl methyl sites for hydroxylation is 2. The molecule has 110 valence electrons. The van der Waals surface area contributed by atoms with E-state index in [1.165, 1.54) is 6.20 Å². The van der Waals surface area contributed by atoms with Gasteiger partial charge in [-0.2, -0.15) is 15.3 Å². The third kappa shape index (κ3) is 2.64. The number of aromatic nitrogens is 4. The van der Waals surface area contributed by atoms with Crippen LogP contribution in [0.2, 0.25) is 0 Å². The Hall–Kier alpha value is -2.28. The van der Waals surface area contributed by atoms with E-state index in [2.05, 4.69) is 20.6 Å². The number of nitrogens with one attached hydrogen (secondary N) is 1. The molecule has 0 radical (unpaired) electrons. The van der Waals surface area contributed by atoms with Crippen molar-refractivity contribution in [2.75, 3.05) is 0 Å². The fourth-order valence-electron chi connectivity index (χ4n) is 2.56. The van der Waals surface area contributed by atoms with Gasteiger partial charge in [0.05, 0.1) is 41.8 Å². The zero-order valence-electron chi connectivity index (χ0n) is 11.9. The fourth-order valence-corrected chi connectivity index (χ4v) is 2.56. The van der Waals surface area contributed by atoms with Crippen LogP contribution >= 0.6 is 0 Å².